The van der Waals surface area contributed by atoms with Crippen LogP contribution in [0.4, 0.5) is 21.6 Å². The van der Waals surface area contributed by atoms with Gasteiger partial charge < -0.3 is 20.7 Å². The van der Waals surface area contributed by atoms with Gasteiger partial charge in [-0.05, 0) is 86.7 Å². The lowest BCUT2D eigenvalue weighted by Crippen LogP contribution is -2.64. The number of nitrogens with zero attached hydrogens (tertiary/aromatic N) is 7. The zero-order valence-corrected chi connectivity index (χ0v) is 30.6. The molecule has 0 bridgehead atoms. The summed E-state index contributed by atoms with van der Waals surface area (Å²) in [6.07, 6.45) is 6.42. The van der Waals surface area contributed by atoms with Crippen molar-refractivity contribution in [2.45, 2.75) is 62.7 Å². The first-order valence-electron chi connectivity index (χ1n) is 19.3. The second kappa shape index (κ2) is 14.9. The van der Waals surface area contributed by atoms with E-state index in [-0.39, 0.29) is 30.1 Å². The number of piperidine rings is 1. The van der Waals surface area contributed by atoms with E-state index in [0.29, 0.717) is 35.7 Å². The third-order valence-corrected chi connectivity index (χ3v) is 11.7. The van der Waals surface area contributed by atoms with Crippen molar-refractivity contribution in [2.24, 2.45) is 0 Å². The highest BCUT2D eigenvalue weighted by Crippen LogP contribution is 2.38. The molecule has 3 aromatic carbocycles. The summed E-state index contributed by atoms with van der Waals surface area (Å²) in [5.41, 5.74) is 10.1. The number of aromatic nitrogens is 4. The molecule has 5 aromatic rings. The Labute approximate surface area is 318 Å². The van der Waals surface area contributed by atoms with Gasteiger partial charge in [0.05, 0.1) is 17.1 Å². The molecule has 4 fully saturated rings. The van der Waals surface area contributed by atoms with Gasteiger partial charge in [0.1, 0.15) is 41.2 Å². The number of hydrogen-bond donors (Lipinski definition) is 3. The third-order valence-electron chi connectivity index (χ3n) is 11.7. The minimum absolute atomic E-state index is 0.229. The van der Waals surface area contributed by atoms with Gasteiger partial charge in [-0.3, -0.25) is 24.7 Å². The molecule has 14 heteroatoms. The van der Waals surface area contributed by atoms with Crippen LogP contribution >= 0.6 is 0 Å². The number of piperazine rings is 1. The average Bonchev–Trinajstić information content (AvgIpc) is 3.58. The molecular formula is C41H45FN10O3. The topological polar surface area (TPSA) is 147 Å². The Morgan fingerprint density at radius 2 is 1.49 bits per heavy atom. The molecular weight excluding hydrogens is 700 g/mol. The molecule has 1 aliphatic carbocycles. The van der Waals surface area contributed by atoms with E-state index in [0.717, 1.165) is 98.7 Å². The van der Waals surface area contributed by atoms with Gasteiger partial charge in [0, 0.05) is 69.0 Å². The lowest BCUT2D eigenvalue weighted by atomic mass is 9.89. The Kier molecular flexibility index (Phi) is 9.52. The summed E-state index contributed by atoms with van der Waals surface area (Å²) in [5, 5.41) is 11.3. The number of para-hydroxylation sites is 1. The summed E-state index contributed by atoms with van der Waals surface area (Å²) in [6, 6.07) is 23.3. The van der Waals surface area contributed by atoms with Crippen LogP contribution in [0.15, 0.2) is 79.1 Å². The van der Waals surface area contributed by atoms with E-state index < -0.39 is 6.04 Å². The maximum Gasteiger partial charge on any atom is 0.249 e. The standard InChI is InChI=1S/C41H45FN10O3/c42-33-22-27(46-34-15-17-36(53)47-41(34)54)8-16-35(33)51-23-30(24-51)50-20-18-49(19-21-50)28-9-11-29(12-10-28)52-40-37(39(43)44-25-45-40)38(48-52)26-6-13-32(14-7-26)55-31-4-2-1-3-5-31/h1-8,13-14,16,22,25,28-30,34,46H,9-12,15,17-21,23-24H2,(H2,43,44,45)(H,47,53,54). The normalized spacial score (nSPS) is 22.7. The van der Waals surface area contributed by atoms with Crippen LogP contribution in [0.2, 0.25) is 0 Å². The molecule has 1 saturated carbocycles. The number of nitrogens with one attached hydrogen (secondary N) is 2. The number of carbonyl (C=O) groups excluding carboxylic acids is 2. The van der Waals surface area contributed by atoms with Gasteiger partial charge in [0.2, 0.25) is 11.8 Å². The highest BCUT2D eigenvalue weighted by Gasteiger charge is 2.37. The molecule has 0 radical (unpaired) electrons. The monoisotopic (exact) mass is 744 g/mol. The van der Waals surface area contributed by atoms with Crippen molar-refractivity contribution >= 4 is 40.0 Å². The van der Waals surface area contributed by atoms with Gasteiger partial charge >= 0.3 is 0 Å². The van der Waals surface area contributed by atoms with E-state index in [9.17, 15) is 9.59 Å². The molecule has 2 amide bonds. The Hall–Kier alpha value is -5.60. The van der Waals surface area contributed by atoms with Gasteiger partial charge in [-0.15, -0.1) is 0 Å². The highest BCUT2D eigenvalue weighted by molar-refractivity contribution is 6.01. The number of fused-ring (bicyclic) bond motifs is 1. The number of benzene rings is 3. The third kappa shape index (κ3) is 7.19. The van der Waals surface area contributed by atoms with E-state index in [1.165, 1.54) is 12.4 Å². The summed E-state index contributed by atoms with van der Waals surface area (Å²) < 4.78 is 23.3. The first-order valence-corrected chi connectivity index (χ1v) is 19.3. The number of imide groups is 1. The minimum Gasteiger partial charge on any atom is -0.457 e. The van der Waals surface area contributed by atoms with E-state index >= 15 is 4.39 Å². The van der Waals surface area contributed by atoms with Gasteiger partial charge in [0.25, 0.3) is 0 Å². The quantitative estimate of drug-likeness (QED) is 0.171. The van der Waals surface area contributed by atoms with Crippen molar-refractivity contribution < 1.29 is 18.7 Å². The second-order valence-electron chi connectivity index (χ2n) is 15.1. The van der Waals surface area contributed by atoms with E-state index in [1.807, 2.05) is 54.6 Å². The van der Waals surface area contributed by atoms with Crippen LogP contribution in [-0.4, -0.2) is 98.8 Å². The average molecular weight is 745 g/mol. The van der Waals surface area contributed by atoms with Gasteiger partial charge in [-0.2, -0.15) is 5.10 Å². The lowest BCUT2D eigenvalue weighted by Gasteiger charge is -2.50. The fourth-order valence-corrected chi connectivity index (χ4v) is 8.66. The zero-order valence-electron chi connectivity index (χ0n) is 30.6. The molecule has 0 spiro atoms. The number of ether oxygens (including phenoxy) is 1. The van der Waals surface area contributed by atoms with Gasteiger partial charge in [0.15, 0.2) is 5.65 Å². The first kappa shape index (κ1) is 35.1. The van der Waals surface area contributed by atoms with Crippen molar-refractivity contribution in [3.8, 4) is 22.8 Å². The molecule has 9 rings (SSSR count). The lowest BCUT2D eigenvalue weighted by molar-refractivity contribution is -0.133. The maximum absolute atomic E-state index is 15.2. The fourth-order valence-electron chi connectivity index (χ4n) is 8.66. The second-order valence-corrected chi connectivity index (χ2v) is 15.1. The number of amides is 2. The molecule has 5 heterocycles. The van der Waals surface area contributed by atoms with Crippen LogP contribution in [-0.2, 0) is 9.59 Å². The van der Waals surface area contributed by atoms with Crippen molar-refractivity contribution in [1.29, 1.82) is 0 Å². The number of anilines is 3. The molecule has 55 heavy (non-hydrogen) atoms. The SMILES string of the molecule is Nc1ncnc2c1c(-c1ccc(Oc3ccccc3)cc1)nn2C1CCC(N2CCN(C3CN(c4ccc(NC5CCC(=O)NC5=O)cc4F)C3)CC2)CC1. The predicted octanol–water partition coefficient (Wildman–Crippen LogP) is 5.21. The van der Waals surface area contributed by atoms with Crippen molar-refractivity contribution in [1.82, 2.24) is 34.9 Å². The summed E-state index contributed by atoms with van der Waals surface area (Å²) in [5.74, 6) is 1.01. The van der Waals surface area contributed by atoms with Gasteiger partial charge in [-0.25, -0.2) is 19.0 Å². The maximum atomic E-state index is 15.2. The van der Waals surface area contributed by atoms with Crippen molar-refractivity contribution in [2.75, 3.05) is 55.2 Å². The summed E-state index contributed by atoms with van der Waals surface area (Å²) in [7, 11) is 0. The Balaban J connectivity index is 0.772. The number of hydrogen-bond acceptors (Lipinski definition) is 11. The van der Waals surface area contributed by atoms with Crippen molar-refractivity contribution in [3.05, 3.63) is 84.9 Å². The minimum atomic E-state index is -0.540. The van der Waals surface area contributed by atoms with Gasteiger partial charge in [-0.1, -0.05) is 18.2 Å². The molecule has 4 aliphatic rings. The number of nitrogen functional groups attached to an aromatic ring is 1. The van der Waals surface area contributed by atoms with E-state index in [2.05, 4.69) is 40.0 Å². The Morgan fingerprint density at radius 1 is 0.800 bits per heavy atom. The van der Waals surface area contributed by atoms with Crippen LogP contribution < -0.4 is 26.0 Å². The fraction of sp³-hybridized carbons (Fsp3) is 0.390. The highest BCUT2D eigenvalue weighted by atomic mass is 19.1. The van der Waals surface area contributed by atoms with Crippen LogP contribution in [0, 0.1) is 5.82 Å². The summed E-state index contributed by atoms with van der Waals surface area (Å²) in [4.78, 5) is 39.8. The van der Waals surface area contributed by atoms with E-state index in [1.54, 1.807) is 12.1 Å². The molecule has 284 valence electrons. The smallest absolute Gasteiger partial charge is 0.249 e. The Bertz CT molecular complexity index is 2180. The van der Waals surface area contributed by atoms with Crippen LogP contribution in [0.25, 0.3) is 22.3 Å². The van der Waals surface area contributed by atoms with E-state index in [4.69, 9.17) is 15.6 Å². The van der Waals surface area contributed by atoms with Crippen LogP contribution in [0.5, 0.6) is 11.5 Å². The van der Waals surface area contributed by atoms with Crippen LogP contribution in [0.1, 0.15) is 44.6 Å². The molecule has 2 aromatic heterocycles. The largest absolute Gasteiger partial charge is 0.457 e. The zero-order chi connectivity index (χ0) is 37.5. The number of carbonyl (C=O) groups is 2. The number of halogens is 1. The molecule has 13 nitrogen and oxygen atoms in total. The Morgan fingerprint density at radius 3 is 2.20 bits per heavy atom. The number of rotatable bonds is 9. The summed E-state index contributed by atoms with van der Waals surface area (Å²) in [6.45, 7) is 5.67. The number of nitrogens with two attached hydrogens (primary N) is 1. The molecule has 1 unspecified atom stereocenters. The first-order chi connectivity index (χ1) is 26.9. The van der Waals surface area contributed by atoms with Crippen LogP contribution in [0.3, 0.4) is 0 Å². The molecule has 3 aliphatic heterocycles. The summed E-state index contributed by atoms with van der Waals surface area (Å²) >= 11 is 0. The molecule has 3 saturated heterocycles. The molecule has 4 N–H and O–H groups in total. The predicted molar refractivity (Wildman–Crippen MR) is 208 cm³/mol. The molecule has 1 atom stereocenters. The van der Waals surface area contributed by atoms with Crippen molar-refractivity contribution in [3.63, 3.8) is 0 Å².